The van der Waals surface area contributed by atoms with Gasteiger partial charge in [0.05, 0.1) is 6.54 Å². The molecule has 1 saturated carbocycles. The van der Waals surface area contributed by atoms with Crippen LogP contribution in [-0.2, 0) is 9.59 Å². The zero-order valence-electron chi connectivity index (χ0n) is 14.6. The first-order chi connectivity index (χ1) is 11.5. The molecule has 2 aliphatic heterocycles. The highest BCUT2D eigenvalue weighted by Gasteiger charge is 2.45. The summed E-state index contributed by atoms with van der Waals surface area (Å²) in [7, 11) is 0. The Labute approximate surface area is 143 Å². The lowest BCUT2D eigenvalue weighted by atomic mass is 9.95. The molecule has 3 aliphatic rings. The number of nitrogens with one attached hydrogen (secondary N) is 2. The first-order valence-electron chi connectivity index (χ1n) is 9.13. The van der Waals surface area contributed by atoms with Crippen molar-refractivity contribution in [3.63, 3.8) is 0 Å². The zero-order chi connectivity index (χ0) is 17.3. The minimum atomic E-state index is -0.557. The molecule has 2 saturated heterocycles. The fraction of sp³-hybridized carbons (Fsp3) is 0.824. The molecule has 2 atom stereocenters. The van der Waals surface area contributed by atoms with Gasteiger partial charge in [-0.1, -0.05) is 33.1 Å². The molecule has 0 unspecified atom stereocenters. The lowest BCUT2D eigenvalue weighted by Gasteiger charge is -2.46. The topological polar surface area (TPSA) is 81.8 Å². The molecule has 134 valence electrons. The van der Waals surface area contributed by atoms with Crippen LogP contribution in [0.2, 0.25) is 0 Å². The summed E-state index contributed by atoms with van der Waals surface area (Å²) in [6.45, 7) is 5.05. The van der Waals surface area contributed by atoms with E-state index in [1.807, 2.05) is 13.8 Å². The van der Waals surface area contributed by atoms with Gasteiger partial charge >= 0.3 is 6.03 Å². The van der Waals surface area contributed by atoms with E-state index in [0.717, 1.165) is 25.7 Å². The van der Waals surface area contributed by atoms with Gasteiger partial charge in [0, 0.05) is 19.1 Å². The predicted octanol–water partition coefficient (Wildman–Crippen LogP) is 0.696. The van der Waals surface area contributed by atoms with E-state index < -0.39 is 12.1 Å². The molecule has 0 spiro atoms. The SMILES string of the molecule is CC(C)[C@@H]1NC(=O)[C@H]2CN(C(=O)NC3CCCCC3)CCN2C1=O. The van der Waals surface area contributed by atoms with Gasteiger partial charge in [-0.3, -0.25) is 9.59 Å². The van der Waals surface area contributed by atoms with Gasteiger partial charge in [0.15, 0.2) is 0 Å². The van der Waals surface area contributed by atoms with Crippen molar-refractivity contribution >= 4 is 17.8 Å². The van der Waals surface area contributed by atoms with Gasteiger partial charge in [-0.15, -0.1) is 0 Å². The largest absolute Gasteiger partial charge is 0.342 e. The minimum absolute atomic E-state index is 0.0260. The molecule has 2 N–H and O–H groups in total. The van der Waals surface area contributed by atoms with Crippen LogP contribution in [0.3, 0.4) is 0 Å². The smallest absolute Gasteiger partial charge is 0.317 e. The maximum Gasteiger partial charge on any atom is 0.317 e. The second-order valence-corrected chi connectivity index (χ2v) is 7.51. The Morgan fingerprint density at radius 1 is 1.17 bits per heavy atom. The first-order valence-corrected chi connectivity index (χ1v) is 9.13. The molecule has 2 heterocycles. The van der Waals surface area contributed by atoms with Crippen LogP contribution in [0.4, 0.5) is 4.79 Å². The molecule has 24 heavy (non-hydrogen) atoms. The average molecular weight is 336 g/mol. The number of hydrogen-bond acceptors (Lipinski definition) is 3. The van der Waals surface area contributed by atoms with E-state index in [1.54, 1.807) is 9.80 Å². The van der Waals surface area contributed by atoms with Crippen LogP contribution in [-0.4, -0.2) is 65.4 Å². The van der Waals surface area contributed by atoms with Crippen molar-refractivity contribution in [2.24, 2.45) is 5.92 Å². The van der Waals surface area contributed by atoms with Crippen molar-refractivity contribution in [1.29, 1.82) is 0 Å². The molecular weight excluding hydrogens is 308 g/mol. The van der Waals surface area contributed by atoms with Crippen molar-refractivity contribution in [2.75, 3.05) is 19.6 Å². The molecule has 7 nitrogen and oxygen atoms in total. The summed E-state index contributed by atoms with van der Waals surface area (Å²) in [5, 5.41) is 5.91. The number of urea groups is 1. The molecule has 0 aromatic rings. The summed E-state index contributed by atoms with van der Waals surface area (Å²) >= 11 is 0. The Hall–Kier alpha value is -1.79. The Kier molecular flexibility index (Phi) is 4.96. The summed E-state index contributed by atoms with van der Waals surface area (Å²) in [4.78, 5) is 40.7. The Morgan fingerprint density at radius 3 is 2.54 bits per heavy atom. The summed E-state index contributed by atoms with van der Waals surface area (Å²) in [5.41, 5.74) is 0. The highest BCUT2D eigenvalue weighted by Crippen LogP contribution is 2.21. The second kappa shape index (κ2) is 6.99. The van der Waals surface area contributed by atoms with Gasteiger partial charge in [-0.25, -0.2) is 4.79 Å². The summed E-state index contributed by atoms with van der Waals surface area (Å²) in [6, 6.07) is -0.862. The number of rotatable bonds is 2. The first kappa shape index (κ1) is 17.0. The number of carbonyl (C=O) groups excluding carboxylic acids is 3. The molecular formula is C17H28N4O3. The highest BCUT2D eigenvalue weighted by molar-refractivity contribution is 5.97. The average Bonchev–Trinajstić information content (AvgIpc) is 2.58. The van der Waals surface area contributed by atoms with E-state index in [0.29, 0.717) is 13.1 Å². The van der Waals surface area contributed by atoms with E-state index >= 15 is 0 Å². The standard InChI is InChI=1S/C17H28N4O3/c1-11(2)14-16(23)21-9-8-20(10-13(21)15(22)19-14)17(24)18-12-6-4-3-5-7-12/h11-14H,3-10H2,1-2H3,(H,18,24)(H,19,22)/t13-,14+/m1/s1. The van der Waals surface area contributed by atoms with Gasteiger partial charge < -0.3 is 20.4 Å². The second-order valence-electron chi connectivity index (χ2n) is 7.51. The van der Waals surface area contributed by atoms with Gasteiger partial charge in [-0.05, 0) is 18.8 Å². The van der Waals surface area contributed by atoms with Crippen molar-refractivity contribution < 1.29 is 14.4 Å². The van der Waals surface area contributed by atoms with E-state index in [4.69, 9.17) is 0 Å². The fourth-order valence-corrected chi connectivity index (χ4v) is 3.91. The van der Waals surface area contributed by atoms with Gasteiger partial charge in [0.1, 0.15) is 12.1 Å². The molecule has 0 aromatic carbocycles. The van der Waals surface area contributed by atoms with E-state index in [1.165, 1.54) is 6.42 Å². The van der Waals surface area contributed by atoms with Gasteiger partial charge in [-0.2, -0.15) is 0 Å². The molecule has 0 bridgehead atoms. The Bertz CT molecular complexity index is 516. The van der Waals surface area contributed by atoms with E-state index in [9.17, 15) is 14.4 Å². The summed E-state index contributed by atoms with van der Waals surface area (Å²) in [6.07, 6.45) is 5.63. The summed E-state index contributed by atoms with van der Waals surface area (Å²) < 4.78 is 0. The third-order valence-corrected chi connectivity index (χ3v) is 5.42. The van der Waals surface area contributed by atoms with Crippen LogP contribution in [0, 0.1) is 5.92 Å². The predicted molar refractivity (Wildman–Crippen MR) is 89.2 cm³/mol. The quantitative estimate of drug-likeness (QED) is 0.779. The van der Waals surface area contributed by atoms with Crippen molar-refractivity contribution in [1.82, 2.24) is 20.4 Å². The molecule has 3 rings (SSSR count). The monoisotopic (exact) mass is 336 g/mol. The third-order valence-electron chi connectivity index (χ3n) is 5.42. The van der Waals surface area contributed by atoms with Gasteiger partial charge in [0.2, 0.25) is 11.8 Å². The number of hydrogen-bond donors (Lipinski definition) is 2. The fourth-order valence-electron chi connectivity index (χ4n) is 3.91. The van der Waals surface area contributed by atoms with E-state index in [-0.39, 0.29) is 36.3 Å². The highest BCUT2D eigenvalue weighted by atomic mass is 16.2. The van der Waals surface area contributed by atoms with Crippen molar-refractivity contribution in [3.8, 4) is 0 Å². The number of carbonyl (C=O) groups is 3. The van der Waals surface area contributed by atoms with Crippen LogP contribution in [0.15, 0.2) is 0 Å². The molecule has 1 aliphatic carbocycles. The normalized spacial score (nSPS) is 28.6. The van der Waals surface area contributed by atoms with Gasteiger partial charge in [0.25, 0.3) is 0 Å². The van der Waals surface area contributed by atoms with Crippen LogP contribution in [0.5, 0.6) is 0 Å². The zero-order valence-corrected chi connectivity index (χ0v) is 14.6. The molecule has 0 radical (unpaired) electrons. The van der Waals surface area contributed by atoms with Crippen molar-refractivity contribution in [3.05, 3.63) is 0 Å². The van der Waals surface area contributed by atoms with Crippen LogP contribution < -0.4 is 10.6 Å². The van der Waals surface area contributed by atoms with Crippen LogP contribution in [0.25, 0.3) is 0 Å². The number of amides is 4. The van der Waals surface area contributed by atoms with Crippen LogP contribution in [0.1, 0.15) is 46.0 Å². The molecule has 0 aromatic heterocycles. The van der Waals surface area contributed by atoms with E-state index in [2.05, 4.69) is 10.6 Å². The van der Waals surface area contributed by atoms with Crippen LogP contribution >= 0.6 is 0 Å². The number of nitrogens with zero attached hydrogens (tertiary/aromatic N) is 2. The third kappa shape index (κ3) is 3.35. The maximum absolute atomic E-state index is 12.5. The number of piperazine rings is 2. The maximum atomic E-state index is 12.5. The lowest BCUT2D eigenvalue weighted by Crippen LogP contribution is -2.71. The number of fused-ring (bicyclic) bond motifs is 1. The Balaban J connectivity index is 1.60. The minimum Gasteiger partial charge on any atom is -0.342 e. The molecule has 4 amide bonds. The molecule has 7 heteroatoms. The summed E-state index contributed by atoms with van der Waals surface area (Å²) in [5.74, 6) is -0.111. The Morgan fingerprint density at radius 2 is 1.88 bits per heavy atom. The molecule has 3 fully saturated rings. The van der Waals surface area contributed by atoms with Crippen molar-refractivity contribution in [2.45, 2.75) is 64.1 Å². The lowest BCUT2D eigenvalue weighted by molar-refractivity contribution is -0.153.